The molecule has 1 heterocycles. The number of nitrogens with zero attached hydrogens (tertiary/aromatic N) is 2. The van der Waals surface area contributed by atoms with Crippen LogP contribution in [-0.2, 0) is 0 Å². The second-order valence-corrected chi connectivity index (χ2v) is 3.76. The van der Waals surface area contributed by atoms with Crippen molar-refractivity contribution in [2.45, 2.75) is 19.9 Å². The number of aromatic amines is 1. The molecule has 84 valence electrons. The van der Waals surface area contributed by atoms with Gasteiger partial charge in [0.1, 0.15) is 18.2 Å². The molecule has 0 bridgehead atoms. The molecule has 0 fully saturated rings. The van der Waals surface area contributed by atoms with E-state index in [-0.39, 0.29) is 6.04 Å². The fraction of sp³-hybridized carbons (Fsp3) is 0.273. The maximum Gasteiger partial charge on any atom is 0.147 e. The maximum atomic E-state index is 5.58. The molecule has 1 unspecified atom stereocenters. The van der Waals surface area contributed by atoms with Gasteiger partial charge in [-0.15, -0.1) is 0 Å². The van der Waals surface area contributed by atoms with Gasteiger partial charge >= 0.3 is 0 Å². The van der Waals surface area contributed by atoms with Crippen LogP contribution in [0.5, 0.6) is 0 Å². The molecule has 0 aliphatic carbocycles. The second-order valence-electron chi connectivity index (χ2n) is 3.76. The number of aryl methyl sites for hydroxylation is 1. The molecule has 0 saturated carbocycles. The predicted molar refractivity (Wildman–Crippen MR) is 61.5 cm³/mol. The number of aromatic nitrogens is 3. The van der Waals surface area contributed by atoms with Crippen LogP contribution >= 0.6 is 0 Å². The third-order valence-corrected chi connectivity index (χ3v) is 2.83. The van der Waals surface area contributed by atoms with Crippen molar-refractivity contribution >= 4 is 0 Å². The topological polar surface area (TPSA) is 79.6 Å². The summed E-state index contributed by atoms with van der Waals surface area (Å²) in [7, 11) is 0. The largest absolute Gasteiger partial charge is 0.270 e. The Morgan fingerprint density at radius 1 is 1.38 bits per heavy atom. The van der Waals surface area contributed by atoms with Crippen molar-refractivity contribution in [3.63, 3.8) is 0 Å². The first-order valence-electron chi connectivity index (χ1n) is 5.11. The maximum absolute atomic E-state index is 5.58. The summed E-state index contributed by atoms with van der Waals surface area (Å²) >= 11 is 0. The van der Waals surface area contributed by atoms with Gasteiger partial charge in [0.15, 0.2) is 0 Å². The molecule has 0 aliphatic rings. The van der Waals surface area contributed by atoms with Gasteiger partial charge in [-0.2, -0.15) is 5.10 Å². The van der Waals surface area contributed by atoms with E-state index in [1.54, 1.807) is 0 Å². The van der Waals surface area contributed by atoms with Gasteiger partial charge in [-0.25, -0.2) is 10.4 Å². The van der Waals surface area contributed by atoms with Gasteiger partial charge in [0.25, 0.3) is 0 Å². The zero-order valence-corrected chi connectivity index (χ0v) is 9.36. The minimum atomic E-state index is -0.151. The minimum absolute atomic E-state index is 0.151. The fourth-order valence-electron chi connectivity index (χ4n) is 1.76. The van der Waals surface area contributed by atoms with Crippen molar-refractivity contribution in [1.82, 2.24) is 20.6 Å². The van der Waals surface area contributed by atoms with Crippen LogP contribution < -0.4 is 11.3 Å². The van der Waals surface area contributed by atoms with E-state index in [0.717, 1.165) is 11.4 Å². The van der Waals surface area contributed by atoms with Crippen LogP contribution in [0.25, 0.3) is 0 Å². The Morgan fingerprint density at radius 3 is 2.81 bits per heavy atom. The number of nitrogens with two attached hydrogens (primary N) is 1. The molecule has 0 amide bonds. The number of hydrogen-bond donors (Lipinski definition) is 3. The Kier molecular flexibility index (Phi) is 2.98. The highest BCUT2D eigenvalue weighted by atomic mass is 15.3. The smallest absolute Gasteiger partial charge is 0.147 e. The molecular weight excluding hydrogens is 202 g/mol. The van der Waals surface area contributed by atoms with Crippen molar-refractivity contribution in [3.8, 4) is 0 Å². The first-order valence-corrected chi connectivity index (χ1v) is 5.11. The number of hydrogen-bond acceptors (Lipinski definition) is 4. The summed E-state index contributed by atoms with van der Waals surface area (Å²) in [4.78, 5) is 4.13. The van der Waals surface area contributed by atoms with Crippen molar-refractivity contribution < 1.29 is 0 Å². The molecule has 1 aromatic heterocycles. The van der Waals surface area contributed by atoms with Crippen LogP contribution in [0.15, 0.2) is 24.5 Å². The molecule has 0 saturated heterocycles. The van der Waals surface area contributed by atoms with Gasteiger partial charge in [-0.05, 0) is 30.5 Å². The third kappa shape index (κ3) is 1.82. The monoisotopic (exact) mass is 217 g/mol. The molecule has 1 atom stereocenters. The van der Waals surface area contributed by atoms with Gasteiger partial charge in [0, 0.05) is 0 Å². The SMILES string of the molecule is Cc1cccc(C(NN)c2ncn[nH]2)c1C. The average molecular weight is 217 g/mol. The van der Waals surface area contributed by atoms with Gasteiger partial charge in [-0.3, -0.25) is 10.9 Å². The Hall–Kier alpha value is -1.72. The molecule has 5 nitrogen and oxygen atoms in total. The van der Waals surface area contributed by atoms with Crippen LogP contribution in [-0.4, -0.2) is 15.2 Å². The lowest BCUT2D eigenvalue weighted by molar-refractivity contribution is 0.601. The molecule has 1 aromatic carbocycles. The van der Waals surface area contributed by atoms with Gasteiger partial charge in [0.05, 0.1) is 0 Å². The van der Waals surface area contributed by atoms with Crippen molar-refractivity contribution in [1.29, 1.82) is 0 Å². The average Bonchev–Trinajstić information content (AvgIpc) is 2.79. The zero-order chi connectivity index (χ0) is 11.5. The Bertz CT molecular complexity index is 463. The van der Waals surface area contributed by atoms with Crippen molar-refractivity contribution in [2.75, 3.05) is 0 Å². The molecular formula is C11H15N5. The lowest BCUT2D eigenvalue weighted by atomic mass is 9.97. The van der Waals surface area contributed by atoms with Gasteiger partial charge in [-0.1, -0.05) is 18.2 Å². The fourth-order valence-corrected chi connectivity index (χ4v) is 1.76. The Labute approximate surface area is 94.1 Å². The van der Waals surface area contributed by atoms with E-state index < -0.39 is 0 Å². The number of hydrazine groups is 1. The molecule has 2 aromatic rings. The van der Waals surface area contributed by atoms with Crippen LogP contribution in [0.4, 0.5) is 0 Å². The third-order valence-electron chi connectivity index (χ3n) is 2.83. The lowest BCUT2D eigenvalue weighted by Crippen LogP contribution is -2.30. The summed E-state index contributed by atoms with van der Waals surface area (Å²) in [5, 5.41) is 6.67. The summed E-state index contributed by atoms with van der Waals surface area (Å²) in [5.74, 6) is 6.30. The minimum Gasteiger partial charge on any atom is -0.270 e. The molecule has 0 aliphatic heterocycles. The molecule has 16 heavy (non-hydrogen) atoms. The highest BCUT2D eigenvalue weighted by Gasteiger charge is 2.17. The molecule has 5 heteroatoms. The predicted octanol–water partition coefficient (Wildman–Crippen LogP) is 0.974. The Morgan fingerprint density at radius 2 is 2.19 bits per heavy atom. The number of benzene rings is 1. The van der Waals surface area contributed by atoms with E-state index in [4.69, 9.17) is 5.84 Å². The van der Waals surface area contributed by atoms with E-state index >= 15 is 0 Å². The summed E-state index contributed by atoms with van der Waals surface area (Å²) < 4.78 is 0. The number of rotatable bonds is 3. The van der Waals surface area contributed by atoms with E-state index in [0.29, 0.717) is 0 Å². The highest BCUT2D eigenvalue weighted by Crippen LogP contribution is 2.23. The first-order chi connectivity index (χ1) is 7.74. The standard InChI is InChI=1S/C11H15N5/c1-7-4-3-5-9(8(7)2)10(15-12)11-13-6-14-16-11/h3-6,10,15H,12H2,1-2H3,(H,13,14,16). The van der Waals surface area contributed by atoms with Crippen LogP contribution in [0.1, 0.15) is 28.6 Å². The first kappa shape index (κ1) is 10.8. The summed E-state index contributed by atoms with van der Waals surface area (Å²) in [6, 6.07) is 5.97. The van der Waals surface area contributed by atoms with Crippen LogP contribution in [0.2, 0.25) is 0 Å². The molecule has 0 radical (unpaired) electrons. The van der Waals surface area contributed by atoms with E-state index in [1.165, 1.54) is 17.5 Å². The van der Waals surface area contributed by atoms with E-state index in [9.17, 15) is 0 Å². The van der Waals surface area contributed by atoms with Crippen LogP contribution in [0.3, 0.4) is 0 Å². The van der Waals surface area contributed by atoms with Crippen LogP contribution in [0, 0.1) is 13.8 Å². The van der Waals surface area contributed by atoms with E-state index in [2.05, 4.69) is 40.5 Å². The summed E-state index contributed by atoms with van der Waals surface area (Å²) in [6.45, 7) is 4.15. The van der Waals surface area contributed by atoms with Crippen molar-refractivity contribution in [2.24, 2.45) is 5.84 Å². The normalized spacial score (nSPS) is 12.7. The molecule has 0 spiro atoms. The van der Waals surface area contributed by atoms with Gasteiger partial charge in [0.2, 0.25) is 0 Å². The van der Waals surface area contributed by atoms with Gasteiger partial charge < -0.3 is 0 Å². The number of nitrogens with one attached hydrogen (secondary N) is 2. The Balaban J connectivity index is 2.45. The lowest BCUT2D eigenvalue weighted by Gasteiger charge is -2.17. The van der Waals surface area contributed by atoms with E-state index in [1.807, 2.05) is 12.1 Å². The number of H-pyrrole nitrogens is 1. The summed E-state index contributed by atoms with van der Waals surface area (Å²) in [5.41, 5.74) is 6.31. The second kappa shape index (κ2) is 4.42. The molecule has 2 rings (SSSR count). The highest BCUT2D eigenvalue weighted by molar-refractivity contribution is 5.37. The summed E-state index contributed by atoms with van der Waals surface area (Å²) in [6.07, 6.45) is 1.48. The van der Waals surface area contributed by atoms with Crippen molar-refractivity contribution in [3.05, 3.63) is 47.0 Å². The zero-order valence-electron chi connectivity index (χ0n) is 9.36. The molecule has 4 N–H and O–H groups in total. The quantitative estimate of drug-likeness (QED) is 0.529.